The van der Waals surface area contributed by atoms with Gasteiger partial charge in [0.05, 0.1) is 12.4 Å². The first-order valence-electron chi connectivity index (χ1n) is 7.06. The average Bonchev–Trinajstić information content (AvgIpc) is 3.03. The normalized spacial score (nSPS) is 11.9. The highest BCUT2D eigenvalue weighted by Gasteiger charge is 2.09. The molecule has 0 spiro atoms. The number of nitrogens with zero attached hydrogens (tertiary/aromatic N) is 2. The largest absolute Gasteiger partial charge is 0.387 e. The van der Waals surface area contributed by atoms with Crippen LogP contribution in [0.15, 0.2) is 43.0 Å². The zero-order chi connectivity index (χ0) is 15.8. The highest BCUT2D eigenvalue weighted by atomic mass is 19.1. The molecule has 1 heterocycles. The Kier molecular flexibility index (Phi) is 5.91. The van der Waals surface area contributed by atoms with Crippen molar-refractivity contribution in [2.24, 2.45) is 0 Å². The smallest absolute Gasteiger partial charge is 0.314 e. The van der Waals surface area contributed by atoms with E-state index in [9.17, 15) is 14.3 Å². The lowest BCUT2D eigenvalue weighted by molar-refractivity contribution is 0.173. The predicted molar refractivity (Wildman–Crippen MR) is 79.6 cm³/mol. The summed E-state index contributed by atoms with van der Waals surface area (Å²) in [5, 5.41) is 15.2. The Labute approximate surface area is 128 Å². The summed E-state index contributed by atoms with van der Waals surface area (Å²) in [4.78, 5) is 15.5. The maximum atomic E-state index is 12.8. The number of carbonyl (C=O) groups excluding carboxylic acids is 1. The van der Waals surface area contributed by atoms with Crippen LogP contribution in [0.3, 0.4) is 0 Å². The van der Waals surface area contributed by atoms with E-state index < -0.39 is 6.10 Å². The molecule has 1 aromatic carbocycles. The molecule has 2 rings (SSSR count). The molecule has 6 nitrogen and oxygen atoms in total. The van der Waals surface area contributed by atoms with Crippen molar-refractivity contribution in [3.8, 4) is 0 Å². The van der Waals surface area contributed by atoms with Gasteiger partial charge in [-0.2, -0.15) is 0 Å². The molecular weight excluding hydrogens is 287 g/mol. The molecule has 1 atom stereocenters. The van der Waals surface area contributed by atoms with Crippen molar-refractivity contribution in [3.63, 3.8) is 0 Å². The minimum Gasteiger partial charge on any atom is -0.387 e. The van der Waals surface area contributed by atoms with Gasteiger partial charge in [0.2, 0.25) is 0 Å². The van der Waals surface area contributed by atoms with E-state index in [4.69, 9.17) is 0 Å². The number of halogens is 1. The average molecular weight is 306 g/mol. The Hall–Kier alpha value is -2.41. The number of nitrogens with one attached hydrogen (secondary N) is 2. The predicted octanol–water partition coefficient (Wildman–Crippen LogP) is 1.45. The molecule has 0 saturated heterocycles. The topological polar surface area (TPSA) is 79.2 Å². The van der Waals surface area contributed by atoms with Gasteiger partial charge in [-0.15, -0.1) is 0 Å². The second-order valence-electron chi connectivity index (χ2n) is 4.86. The van der Waals surface area contributed by atoms with Crippen LogP contribution in [-0.2, 0) is 6.54 Å². The summed E-state index contributed by atoms with van der Waals surface area (Å²) < 4.78 is 14.7. The van der Waals surface area contributed by atoms with Gasteiger partial charge in [0.15, 0.2) is 0 Å². The van der Waals surface area contributed by atoms with Gasteiger partial charge in [0.25, 0.3) is 0 Å². The molecule has 118 valence electrons. The van der Waals surface area contributed by atoms with Crippen LogP contribution in [0.1, 0.15) is 18.1 Å². The lowest BCUT2D eigenvalue weighted by Gasteiger charge is -2.13. The molecule has 0 radical (unpaired) electrons. The van der Waals surface area contributed by atoms with Crippen molar-refractivity contribution in [1.29, 1.82) is 0 Å². The number of amides is 2. The van der Waals surface area contributed by atoms with Crippen LogP contribution in [0.5, 0.6) is 0 Å². The molecule has 0 aliphatic carbocycles. The minimum absolute atomic E-state index is 0.0684. The molecule has 0 saturated carbocycles. The number of rotatable bonds is 7. The van der Waals surface area contributed by atoms with Crippen LogP contribution in [0.25, 0.3) is 0 Å². The van der Waals surface area contributed by atoms with Crippen LogP contribution in [0, 0.1) is 5.82 Å². The molecule has 2 amide bonds. The molecule has 2 aromatic rings. The maximum Gasteiger partial charge on any atom is 0.314 e. The standard InChI is InChI=1S/C15H19FN4O2/c16-13-4-2-12(3-5-13)14(21)10-19-15(22)18-6-1-8-20-9-7-17-11-20/h2-5,7,9,11,14,21H,1,6,8,10H2,(H2,18,19,22). The molecule has 0 aliphatic heterocycles. The third-order valence-electron chi connectivity index (χ3n) is 3.15. The Morgan fingerprint density at radius 1 is 1.32 bits per heavy atom. The number of hydrogen-bond acceptors (Lipinski definition) is 3. The number of aromatic nitrogens is 2. The number of carbonyl (C=O) groups is 1. The van der Waals surface area contributed by atoms with Crippen molar-refractivity contribution in [1.82, 2.24) is 20.2 Å². The Morgan fingerprint density at radius 3 is 2.77 bits per heavy atom. The van der Waals surface area contributed by atoms with Crippen LogP contribution in [0.2, 0.25) is 0 Å². The summed E-state index contributed by atoms with van der Waals surface area (Å²) in [6.45, 7) is 1.37. The fourth-order valence-electron chi connectivity index (χ4n) is 1.94. The third kappa shape index (κ3) is 5.17. The van der Waals surface area contributed by atoms with Gasteiger partial charge in [-0.05, 0) is 24.1 Å². The minimum atomic E-state index is -0.864. The number of urea groups is 1. The second-order valence-corrected chi connectivity index (χ2v) is 4.86. The summed E-state index contributed by atoms with van der Waals surface area (Å²) >= 11 is 0. The van der Waals surface area contributed by atoms with Crippen molar-refractivity contribution >= 4 is 6.03 Å². The van der Waals surface area contributed by atoms with Crippen molar-refractivity contribution < 1.29 is 14.3 Å². The third-order valence-corrected chi connectivity index (χ3v) is 3.15. The molecule has 7 heteroatoms. The number of benzene rings is 1. The highest BCUT2D eigenvalue weighted by molar-refractivity contribution is 5.73. The van der Waals surface area contributed by atoms with E-state index >= 15 is 0 Å². The molecule has 3 N–H and O–H groups in total. The van der Waals surface area contributed by atoms with Crippen molar-refractivity contribution in [2.75, 3.05) is 13.1 Å². The number of aliphatic hydroxyl groups is 1. The molecule has 0 fully saturated rings. The fourth-order valence-corrected chi connectivity index (χ4v) is 1.94. The van der Waals surface area contributed by atoms with E-state index in [0.29, 0.717) is 12.1 Å². The quantitative estimate of drug-likeness (QED) is 0.677. The SMILES string of the molecule is O=C(NCCCn1ccnc1)NCC(O)c1ccc(F)cc1. The van der Waals surface area contributed by atoms with Gasteiger partial charge in [-0.1, -0.05) is 12.1 Å². The zero-order valence-corrected chi connectivity index (χ0v) is 12.1. The summed E-state index contributed by atoms with van der Waals surface area (Å²) in [6.07, 6.45) is 5.21. The Balaban J connectivity index is 1.61. The van der Waals surface area contributed by atoms with Gasteiger partial charge in [0.1, 0.15) is 5.82 Å². The number of aryl methyl sites for hydroxylation is 1. The zero-order valence-electron chi connectivity index (χ0n) is 12.1. The monoisotopic (exact) mass is 306 g/mol. The maximum absolute atomic E-state index is 12.8. The number of hydrogen-bond donors (Lipinski definition) is 3. The first kappa shape index (κ1) is 16.0. The number of aliphatic hydroxyl groups excluding tert-OH is 1. The van der Waals surface area contributed by atoms with Gasteiger partial charge in [0, 0.05) is 32.0 Å². The van der Waals surface area contributed by atoms with E-state index in [0.717, 1.165) is 13.0 Å². The molecular formula is C15H19FN4O2. The van der Waals surface area contributed by atoms with Gasteiger partial charge < -0.3 is 20.3 Å². The summed E-state index contributed by atoms with van der Waals surface area (Å²) in [5.41, 5.74) is 0.557. The van der Waals surface area contributed by atoms with Crippen molar-refractivity contribution in [3.05, 3.63) is 54.4 Å². The van der Waals surface area contributed by atoms with E-state index in [-0.39, 0.29) is 18.4 Å². The highest BCUT2D eigenvalue weighted by Crippen LogP contribution is 2.12. The molecule has 0 aliphatic rings. The van der Waals surface area contributed by atoms with E-state index in [2.05, 4.69) is 15.6 Å². The van der Waals surface area contributed by atoms with Crippen LogP contribution in [-0.4, -0.2) is 33.8 Å². The van der Waals surface area contributed by atoms with Gasteiger partial charge in [-0.3, -0.25) is 0 Å². The first-order chi connectivity index (χ1) is 10.6. The number of imidazole rings is 1. The molecule has 0 bridgehead atoms. The summed E-state index contributed by atoms with van der Waals surface area (Å²) in [5.74, 6) is -0.362. The lowest BCUT2D eigenvalue weighted by atomic mass is 10.1. The van der Waals surface area contributed by atoms with E-state index in [1.54, 1.807) is 12.5 Å². The van der Waals surface area contributed by atoms with E-state index in [1.807, 2.05) is 10.8 Å². The molecule has 22 heavy (non-hydrogen) atoms. The molecule has 1 unspecified atom stereocenters. The van der Waals surface area contributed by atoms with Crippen molar-refractivity contribution in [2.45, 2.75) is 19.1 Å². The second kappa shape index (κ2) is 8.14. The van der Waals surface area contributed by atoms with Crippen LogP contribution < -0.4 is 10.6 Å². The van der Waals surface area contributed by atoms with E-state index in [1.165, 1.54) is 24.3 Å². The van der Waals surface area contributed by atoms with Crippen LogP contribution >= 0.6 is 0 Å². The summed E-state index contributed by atoms with van der Waals surface area (Å²) in [7, 11) is 0. The van der Waals surface area contributed by atoms with Gasteiger partial charge in [-0.25, -0.2) is 14.2 Å². The Bertz CT molecular complexity index is 572. The van der Waals surface area contributed by atoms with Crippen LogP contribution in [0.4, 0.5) is 9.18 Å². The fraction of sp³-hybridized carbons (Fsp3) is 0.333. The van der Waals surface area contributed by atoms with Gasteiger partial charge >= 0.3 is 6.03 Å². The summed E-state index contributed by atoms with van der Waals surface area (Å²) in [6, 6.07) is 5.19. The Morgan fingerprint density at radius 2 is 2.09 bits per heavy atom. The first-order valence-corrected chi connectivity index (χ1v) is 7.06. The molecule has 1 aromatic heterocycles. The lowest BCUT2D eigenvalue weighted by Crippen LogP contribution is -2.38.